The van der Waals surface area contributed by atoms with Gasteiger partial charge in [0.25, 0.3) is 0 Å². The number of fused-ring (bicyclic) bond motifs is 4. The first-order chi connectivity index (χ1) is 22.0. The molecule has 0 aromatic heterocycles. The molecule has 12 nitrogen and oxygen atoms in total. The van der Waals surface area contributed by atoms with Gasteiger partial charge >= 0.3 is 11.9 Å². The van der Waals surface area contributed by atoms with Crippen LogP contribution < -0.4 is 0 Å². The van der Waals surface area contributed by atoms with E-state index >= 15 is 0 Å². The summed E-state index contributed by atoms with van der Waals surface area (Å²) in [6.07, 6.45) is 5.02. The molecule has 8 saturated heterocycles. The van der Waals surface area contributed by atoms with E-state index in [-0.39, 0.29) is 36.9 Å². The Labute approximate surface area is 276 Å². The van der Waals surface area contributed by atoms with Gasteiger partial charge in [-0.1, -0.05) is 27.7 Å². The van der Waals surface area contributed by atoms with E-state index in [2.05, 4.69) is 13.8 Å². The van der Waals surface area contributed by atoms with Crippen LogP contribution in [0, 0.1) is 40.9 Å². The van der Waals surface area contributed by atoms with E-state index in [9.17, 15) is 9.59 Å². The summed E-state index contributed by atoms with van der Waals surface area (Å²) in [5.74, 6) is -2.37. The summed E-state index contributed by atoms with van der Waals surface area (Å²) >= 11 is 0. The van der Waals surface area contributed by atoms with Crippen LogP contribution in [0.4, 0.5) is 0 Å². The van der Waals surface area contributed by atoms with Crippen LogP contribution in [0.5, 0.6) is 0 Å². The zero-order chi connectivity index (χ0) is 33.4. The maximum atomic E-state index is 13.9. The van der Waals surface area contributed by atoms with Crippen LogP contribution in [0.15, 0.2) is 0 Å². The summed E-state index contributed by atoms with van der Waals surface area (Å²) < 4.78 is 37.6. The second kappa shape index (κ2) is 10.3. The van der Waals surface area contributed by atoms with Crippen LogP contribution in [-0.4, -0.2) is 71.7 Å². The van der Waals surface area contributed by atoms with E-state index in [0.717, 1.165) is 38.5 Å². The Bertz CT molecular complexity index is 1230. The van der Waals surface area contributed by atoms with Gasteiger partial charge in [0.2, 0.25) is 11.6 Å². The topological polar surface area (TPSA) is 126 Å². The van der Waals surface area contributed by atoms with Crippen molar-refractivity contribution >= 4 is 11.9 Å². The Hall–Kier alpha value is -1.38. The lowest BCUT2D eigenvalue weighted by molar-refractivity contribution is -0.541. The highest BCUT2D eigenvalue weighted by molar-refractivity contribution is 5.81. The van der Waals surface area contributed by atoms with Gasteiger partial charge in [0.1, 0.15) is 0 Å². The fraction of sp³-hybridized carbons (Fsp3) is 0.943. The molecular formula is C35H52O12. The molecule has 264 valence electrons. The van der Waals surface area contributed by atoms with Gasteiger partial charge in [0.15, 0.2) is 35.0 Å². The predicted octanol–water partition coefficient (Wildman–Crippen LogP) is 5.11. The van der Waals surface area contributed by atoms with Crippen molar-refractivity contribution < 1.29 is 57.6 Å². The number of carbonyl (C=O) groups is 2. The predicted molar refractivity (Wildman–Crippen MR) is 160 cm³/mol. The maximum absolute atomic E-state index is 13.9. The number of rotatable bonds is 6. The summed E-state index contributed by atoms with van der Waals surface area (Å²) in [4.78, 5) is 51.9. The Balaban J connectivity index is 0.941. The molecule has 10 rings (SSSR count). The summed E-state index contributed by atoms with van der Waals surface area (Å²) in [5.41, 5.74) is -5.01. The molecule has 14 atom stereocenters. The molecule has 0 N–H and O–H groups in total. The van der Waals surface area contributed by atoms with Crippen molar-refractivity contribution in [2.75, 3.05) is 13.2 Å². The van der Waals surface area contributed by atoms with Crippen LogP contribution in [-0.2, 0) is 57.6 Å². The van der Waals surface area contributed by atoms with Crippen LogP contribution in [0.1, 0.15) is 107 Å². The van der Waals surface area contributed by atoms with E-state index < -0.39 is 63.9 Å². The molecule has 2 saturated carbocycles. The average molecular weight is 665 g/mol. The number of esters is 2. The highest BCUT2D eigenvalue weighted by atomic mass is 17.3. The minimum atomic E-state index is -1.28. The van der Waals surface area contributed by atoms with Crippen molar-refractivity contribution in [3.63, 3.8) is 0 Å². The Morgan fingerprint density at radius 3 is 1.43 bits per heavy atom. The van der Waals surface area contributed by atoms with Crippen LogP contribution in [0.25, 0.3) is 0 Å². The third kappa shape index (κ3) is 4.47. The van der Waals surface area contributed by atoms with E-state index in [4.69, 9.17) is 48.0 Å². The Morgan fingerprint density at radius 2 is 1.02 bits per heavy atom. The lowest BCUT2D eigenvalue weighted by Gasteiger charge is -2.50. The van der Waals surface area contributed by atoms with E-state index in [1.165, 1.54) is 0 Å². The third-order valence-corrected chi connectivity index (χ3v) is 13.5. The number of carbonyl (C=O) groups excluding carboxylic acids is 2. The molecule has 10 fully saturated rings. The molecule has 2 spiro atoms. The molecule has 12 heteroatoms. The molecule has 8 heterocycles. The lowest BCUT2D eigenvalue weighted by atomic mass is 9.60. The molecule has 0 aromatic rings. The standard InChI is InChI=1S/C35H52O12/c1-19-9-11-23-32(7,42-27-34(23)21(19)13-15-30(5,40-27)44-46-34)25(36)38-17-29(3,4)18-39-26(37)33(8)24-12-10-20(2)22-14-16-31(6)41-28(43-33)35(22,24)47-45-31/h19-24,27-28H,9-18H2,1-8H3/t19-,20-,21+,22+,23+,24+,27+,28+,30-,31-,32+,33+,34-,35-/m1/s1. The van der Waals surface area contributed by atoms with Gasteiger partial charge in [-0.2, -0.15) is 0 Å². The van der Waals surface area contributed by atoms with Gasteiger partial charge in [0, 0.05) is 30.1 Å². The molecule has 4 bridgehead atoms. The fourth-order valence-corrected chi connectivity index (χ4v) is 10.7. The first-order valence-electron chi connectivity index (χ1n) is 17.8. The van der Waals surface area contributed by atoms with E-state index in [1.54, 1.807) is 13.8 Å². The van der Waals surface area contributed by atoms with Crippen molar-refractivity contribution in [1.82, 2.24) is 0 Å². The number of hydrogen-bond acceptors (Lipinski definition) is 12. The van der Waals surface area contributed by atoms with Gasteiger partial charge in [-0.05, 0) is 89.9 Å². The molecule has 0 aromatic carbocycles. The lowest BCUT2D eigenvalue weighted by Crippen LogP contribution is -2.62. The highest BCUT2D eigenvalue weighted by Gasteiger charge is 2.77. The SMILES string of the molecule is C[C@@H]1CC[C@@H]2[C@]34OO[C@](C)(CC[C@@H]13)O[C@H]4O[C@]2(C)C(=O)OCC(C)(C)COC(=O)[C@@]1(C)O[C@@H]2O[C@@]3(C)CC[C@H]4[C@H](C)CC[C@@H]1[C@@]24OO3. The molecule has 0 unspecified atom stereocenters. The van der Waals surface area contributed by atoms with Gasteiger partial charge in [-0.25, -0.2) is 29.1 Å². The second-order valence-corrected chi connectivity index (χ2v) is 17.5. The average Bonchev–Trinajstić information content (AvgIpc) is 3.15. The zero-order valence-corrected chi connectivity index (χ0v) is 29.1. The van der Waals surface area contributed by atoms with Crippen molar-refractivity contribution in [1.29, 1.82) is 0 Å². The number of ether oxygens (including phenoxy) is 6. The van der Waals surface area contributed by atoms with Crippen LogP contribution in [0.3, 0.4) is 0 Å². The first kappa shape index (κ1) is 32.8. The second-order valence-electron chi connectivity index (χ2n) is 17.5. The van der Waals surface area contributed by atoms with Crippen LogP contribution >= 0.6 is 0 Å². The third-order valence-electron chi connectivity index (χ3n) is 13.5. The van der Waals surface area contributed by atoms with Crippen LogP contribution in [0.2, 0.25) is 0 Å². The molecular weight excluding hydrogens is 612 g/mol. The van der Waals surface area contributed by atoms with Crippen molar-refractivity contribution in [2.45, 2.75) is 153 Å². The van der Waals surface area contributed by atoms with E-state index in [1.807, 2.05) is 27.7 Å². The molecule has 8 aliphatic heterocycles. The minimum Gasteiger partial charge on any atom is -0.463 e. The summed E-state index contributed by atoms with van der Waals surface area (Å²) in [5, 5.41) is 0. The quantitative estimate of drug-likeness (QED) is 0.277. The smallest absolute Gasteiger partial charge is 0.338 e. The first-order valence-corrected chi connectivity index (χ1v) is 17.8. The number of hydrogen-bond donors (Lipinski definition) is 0. The largest absolute Gasteiger partial charge is 0.463 e. The van der Waals surface area contributed by atoms with Crippen molar-refractivity contribution in [2.24, 2.45) is 40.9 Å². The minimum absolute atomic E-state index is 0.0176. The molecule has 10 aliphatic rings. The van der Waals surface area contributed by atoms with Gasteiger partial charge in [0.05, 0.1) is 13.2 Å². The fourth-order valence-electron chi connectivity index (χ4n) is 10.7. The molecule has 0 amide bonds. The Morgan fingerprint density at radius 1 is 0.617 bits per heavy atom. The highest BCUT2D eigenvalue weighted by Crippen LogP contribution is 2.65. The zero-order valence-electron chi connectivity index (χ0n) is 29.1. The molecule has 47 heavy (non-hydrogen) atoms. The van der Waals surface area contributed by atoms with Gasteiger partial charge in [-0.15, -0.1) is 0 Å². The summed E-state index contributed by atoms with van der Waals surface area (Å²) in [6, 6.07) is 0. The normalized spacial score (nSPS) is 54.3. The summed E-state index contributed by atoms with van der Waals surface area (Å²) in [7, 11) is 0. The van der Waals surface area contributed by atoms with Crippen molar-refractivity contribution in [3.8, 4) is 0 Å². The monoisotopic (exact) mass is 664 g/mol. The molecule has 2 aliphatic carbocycles. The molecule has 0 radical (unpaired) electrons. The Kier molecular flexibility index (Phi) is 7.22. The van der Waals surface area contributed by atoms with Crippen molar-refractivity contribution in [3.05, 3.63) is 0 Å². The summed E-state index contributed by atoms with van der Waals surface area (Å²) in [6.45, 7) is 15.6. The van der Waals surface area contributed by atoms with Gasteiger partial charge in [-0.3, -0.25) is 0 Å². The van der Waals surface area contributed by atoms with Gasteiger partial charge < -0.3 is 28.4 Å². The van der Waals surface area contributed by atoms with E-state index in [0.29, 0.717) is 24.7 Å². The maximum Gasteiger partial charge on any atom is 0.338 e.